The van der Waals surface area contributed by atoms with Crippen molar-refractivity contribution >= 4 is 11.7 Å². The van der Waals surface area contributed by atoms with Crippen molar-refractivity contribution in [2.75, 3.05) is 18.4 Å². The van der Waals surface area contributed by atoms with Crippen molar-refractivity contribution in [2.24, 2.45) is 7.05 Å². The topological polar surface area (TPSA) is 84.7 Å². The highest BCUT2D eigenvalue weighted by Gasteiger charge is 2.08. The van der Waals surface area contributed by atoms with Crippen molar-refractivity contribution in [3.8, 4) is 0 Å². The quantitative estimate of drug-likeness (QED) is 0.794. The second-order valence-electron chi connectivity index (χ2n) is 4.70. The molecule has 0 aliphatic carbocycles. The predicted octanol–water partition coefficient (Wildman–Crippen LogP) is 1.00. The maximum absolute atomic E-state index is 12.0. The SMILES string of the molecule is CCCNc1cccc(C(=O)NCCc2nncn2C)n1. The number of hydrogen-bond acceptors (Lipinski definition) is 5. The molecule has 0 atom stereocenters. The molecule has 2 N–H and O–H groups in total. The van der Waals surface area contributed by atoms with Crippen LogP contribution >= 0.6 is 0 Å². The Morgan fingerprint density at radius 3 is 2.90 bits per heavy atom. The van der Waals surface area contributed by atoms with Gasteiger partial charge in [0.05, 0.1) is 0 Å². The van der Waals surface area contributed by atoms with Crippen LogP contribution in [0.1, 0.15) is 29.7 Å². The number of carbonyl (C=O) groups is 1. The number of nitrogens with one attached hydrogen (secondary N) is 2. The molecule has 0 aliphatic heterocycles. The molecule has 2 aromatic heterocycles. The Hall–Kier alpha value is -2.44. The summed E-state index contributed by atoms with van der Waals surface area (Å²) in [5.41, 5.74) is 0.411. The third-order valence-electron chi connectivity index (χ3n) is 2.98. The highest BCUT2D eigenvalue weighted by Crippen LogP contribution is 2.05. The zero-order chi connectivity index (χ0) is 15.1. The third-order valence-corrected chi connectivity index (χ3v) is 2.98. The molecule has 0 radical (unpaired) electrons. The summed E-state index contributed by atoms with van der Waals surface area (Å²) in [6, 6.07) is 5.38. The van der Waals surface area contributed by atoms with Gasteiger partial charge in [-0.25, -0.2) is 4.98 Å². The fourth-order valence-electron chi connectivity index (χ4n) is 1.82. The molecule has 0 aromatic carbocycles. The average Bonchev–Trinajstić information content (AvgIpc) is 2.91. The van der Waals surface area contributed by atoms with Crippen molar-refractivity contribution < 1.29 is 4.79 Å². The van der Waals surface area contributed by atoms with Crippen LogP contribution in [0.15, 0.2) is 24.5 Å². The lowest BCUT2D eigenvalue weighted by molar-refractivity contribution is 0.0949. The number of carbonyl (C=O) groups excluding carboxylic acids is 1. The first-order valence-corrected chi connectivity index (χ1v) is 7.02. The Balaban J connectivity index is 1.86. The average molecular weight is 288 g/mol. The van der Waals surface area contributed by atoms with Gasteiger partial charge >= 0.3 is 0 Å². The molecule has 0 fully saturated rings. The highest BCUT2D eigenvalue weighted by atomic mass is 16.1. The lowest BCUT2D eigenvalue weighted by Gasteiger charge is -2.07. The van der Waals surface area contributed by atoms with E-state index in [4.69, 9.17) is 0 Å². The van der Waals surface area contributed by atoms with Crippen molar-refractivity contribution in [1.29, 1.82) is 0 Å². The number of anilines is 1. The van der Waals surface area contributed by atoms with E-state index in [0.717, 1.165) is 24.6 Å². The highest BCUT2D eigenvalue weighted by molar-refractivity contribution is 5.92. The maximum atomic E-state index is 12.0. The molecule has 0 bridgehead atoms. The molecule has 0 saturated carbocycles. The Morgan fingerprint density at radius 1 is 1.33 bits per heavy atom. The third kappa shape index (κ3) is 4.27. The van der Waals surface area contributed by atoms with Crippen LogP contribution in [0, 0.1) is 0 Å². The molecule has 0 aliphatic rings. The van der Waals surface area contributed by atoms with E-state index in [2.05, 4.69) is 32.7 Å². The molecule has 0 spiro atoms. The van der Waals surface area contributed by atoms with Crippen LogP contribution in [0.4, 0.5) is 5.82 Å². The first-order valence-electron chi connectivity index (χ1n) is 7.02. The van der Waals surface area contributed by atoms with Gasteiger partial charge in [0.25, 0.3) is 5.91 Å². The minimum Gasteiger partial charge on any atom is -0.370 e. The largest absolute Gasteiger partial charge is 0.370 e. The Kier molecular flexibility index (Phi) is 5.25. The second kappa shape index (κ2) is 7.37. The molecule has 2 heterocycles. The van der Waals surface area contributed by atoms with Gasteiger partial charge in [-0.2, -0.15) is 0 Å². The summed E-state index contributed by atoms with van der Waals surface area (Å²) in [7, 11) is 1.88. The fourth-order valence-corrected chi connectivity index (χ4v) is 1.82. The van der Waals surface area contributed by atoms with Gasteiger partial charge in [0.15, 0.2) is 0 Å². The molecule has 7 nitrogen and oxygen atoms in total. The van der Waals surface area contributed by atoms with E-state index in [9.17, 15) is 4.79 Å². The van der Waals surface area contributed by atoms with Crippen LogP contribution in [-0.4, -0.2) is 38.7 Å². The number of rotatable bonds is 7. The maximum Gasteiger partial charge on any atom is 0.269 e. The van der Waals surface area contributed by atoms with Crippen LogP contribution < -0.4 is 10.6 Å². The van der Waals surface area contributed by atoms with Crippen molar-refractivity contribution in [2.45, 2.75) is 19.8 Å². The summed E-state index contributed by atoms with van der Waals surface area (Å²) >= 11 is 0. The van der Waals surface area contributed by atoms with Gasteiger partial charge in [0, 0.05) is 26.6 Å². The molecule has 7 heteroatoms. The zero-order valence-corrected chi connectivity index (χ0v) is 12.3. The normalized spacial score (nSPS) is 10.4. The molecule has 2 rings (SSSR count). The van der Waals surface area contributed by atoms with E-state index in [-0.39, 0.29) is 5.91 Å². The molecule has 1 amide bonds. The van der Waals surface area contributed by atoms with Crippen molar-refractivity contribution in [1.82, 2.24) is 25.1 Å². The van der Waals surface area contributed by atoms with Crippen LogP contribution in [0.5, 0.6) is 0 Å². The minimum absolute atomic E-state index is 0.183. The summed E-state index contributed by atoms with van der Waals surface area (Å²) in [6.07, 6.45) is 3.29. The molecular formula is C14H20N6O. The van der Waals surface area contributed by atoms with Gasteiger partial charge in [-0.3, -0.25) is 4.79 Å². The number of aromatic nitrogens is 4. The van der Waals surface area contributed by atoms with Crippen LogP contribution in [0.25, 0.3) is 0 Å². The zero-order valence-electron chi connectivity index (χ0n) is 12.3. The standard InChI is InChI=1S/C14H20N6O/c1-3-8-15-12-6-4-5-11(18-12)14(21)16-9-7-13-19-17-10-20(13)2/h4-6,10H,3,7-9H2,1-2H3,(H,15,18)(H,16,21). The van der Waals surface area contributed by atoms with Gasteiger partial charge in [-0.1, -0.05) is 13.0 Å². The Labute approximate surface area is 123 Å². The molecule has 2 aromatic rings. The second-order valence-corrected chi connectivity index (χ2v) is 4.70. The van der Waals surface area contributed by atoms with Crippen LogP contribution in [0.3, 0.4) is 0 Å². The summed E-state index contributed by atoms with van der Waals surface area (Å²) in [5.74, 6) is 1.37. The summed E-state index contributed by atoms with van der Waals surface area (Å²) < 4.78 is 1.83. The van der Waals surface area contributed by atoms with E-state index >= 15 is 0 Å². The molecule has 112 valence electrons. The van der Waals surface area contributed by atoms with E-state index < -0.39 is 0 Å². The summed E-state index contributed by atoms with van der Waals surface area (Å²) in [4.78, 5) is 16.3. The number of amides is 1. The van der Waals surface area contributed by atoms with Crippen LogP contribution in [0.2, 0.25) is 0 Å². The van der Waals surface area contributed by atoms with Crippen molar-refractivity contribution in [3.05, 3.63) is 36.0 Å². The molecular weight excluding hydrogens is 268 g/mol. The molecule has 21 heavy (non-hydrogen) atoms. The number of nitrogens with zero attached hydrogens (tertiary/aromatic N) is 4. The predicted molar refractivity (Wildman–Crippen MR) is 80.1 cm³/mol. The lowest BCUT2D eigenvalue weighted by atomic mass is 10.3. The Morgan fingerprint density at radius 2 is 2.19 bits per heavy atom. The molecule has 0 saturated heterocycles. The summed E-state index contributed by atoms with van der Waals surface area (Å²) in [5, 5.41) is 13.8. The monoisotopic (exact) mass is 288 g/mol. The Bertz CT molecular complexity index is 595. The van der Waals surface area contributed by atoms with Gasteiger partial charge in [0.2, 0.25) is 0 Å². The lowest BCUT2D eigenvalue weighted by Crippen LogP contribution is -2.27. The minimum atomic E-state index is -0.183. The number of aryl methyl sites for hydroxylation is 1. The van der Waals surface area contributed by atoms with Crippen LogP contribution in [-0.2, 0) is 13.5 Å². The van der Waals surface area contributed by atoms with E-state index in [1.165, 1.54) is 0 Å². The van der Waals surface area contributed by atoms with Gasteiger partial charge in [0.1, 0.15) is 23.7 Å². The first-order chi connectivity index (χ1) is 10.2. The summed E-state index contributed by atoms with van der Waals surface area (Å²) in [6.45, 7) is 3.42. The van der Waals surface area contributed by atoms with Gasteiger partial charge < -0.3 is 15.2 Å². The van der Waals surface area contributed by atoms with Gasteiger partial charge in [-0.05, 0) is 18.6 Å². The van der Waals surface area contributed by atoms with E-state index in [0.29, 0.717) is 18.7 Å². The van der Waals surface area contributed by atoms with Crippen molar-refractivity contribution in [3.63, 3.8) is 0 Å². The fraction of sp³-hybridized carbons (Fsp3) is 0.429. The van der Waals surface area contributed by atoms with Gasteiger partial charge in [-0.15, -0.1) is 10.2 Å². The number of pyridine rings is 1. The smallest absolute Gasteiger partial charge is 0.269 e. The van der Waals surface area contributed by atoms with E-state index in [1.54, 1.807) is 12.4 Å². The number of hydrogen-bond donors (Lipinski definition) is 2. The molecule has 0 unspecified atom stereocenters. The first kappa shape index (κ1) is 15.0. The van der Waals surface area contributed by atoms with E-state index in [1.807, 2.05) is 23.7 Å².